The highest BCUT2D eigenvalue weighted by atomic mass is 32.2. The first-order valence-electron chi connectivity index (χ1n) is 4.75. The molecule has 0 amide bonds. The Morgan fingerprint density at radius 2 is 2.19 bits per heavy atom. The van der Waals surface area contributed by atoms with Crippen molar-refractivity contribution in [3.63, 3.8) is 0 Å². The van der Waals surface area contributed by atoms with E-state index in [2.05, 4.69) is 9.71 Å². The van der Waals surface area contributed by atoms with E-state index in [0.29, 0.717) is 0 Å². The average molecular weight is 246 g/mol. The molecule has 1 fully saturated rings. The Morgan fingerprint density at radius 3 is 2.69 bits per heavy atom. The number of sulfonamides is 1. The Morgan fingerprint density at radius 1 is 1.50 bits per heavy atom. The van der Waals surface area contributed by atoms with E-state index < -0.39 is 16.0 Å². The molecule has 1 heterocycles. The van der Waals surface area contributed by atoms with Crippen LogP contribution < -0.4 is 9.46 Å². The molecule has 1 aliphatic rings. The highest BCUT2D eigenvalue weighted by molar-refractivity contribution is 7.92. The van der Waals surface area contributed by atoms with Gasteiger partial charge in [-0.1, -0.05) is 0 Å². The highest BCUT2D eigenvalue weighted by Crippen LogP contribution is 2.28. The van der Waals surface area contributed by atoms with Gasteiger partial charge in [-0.25, -0.2) is 8.42 Å². The number of halogens is 1. The van der Waals surface area contributed by atoms with E-state index in [0.717, 1.165) is 19.1 Å². The van der Waals surface area contributed by atoms with Crippen molar-refractivity contribution in [1.82, 2.24) is 4.98 Å². The maximum atomic E-state index is 13.3. The van der Waals surface area contributed by atoms with Crippen LogP contribution in [0, 0.1) is 5.95 Å². The second-order valence-corrected chi connectivity index (χ2v) is 5.43. The number of nitrogens with zero attached hydrogens (tertiary/aromatic N) is 1. The van der Waals surface area contributed by atoms with Gasteiger partial charge in [-0.3, -0.25) is 4.72 Å². The second kappa shape index (κ2) is 3.89. The summed E-state index contributed by atoms with van der Waals surface area (Å²) >= 11 is 0. The molecule has 88 valence electrons. The lowest BCUT2D eigenvalue weighted by atomic mass is 10.4. The number of hydrogen-bond donors (Lipinski definition) is 1. The van der Waals surface area contributed by atoms with Crippen molar-refractivity contribution >= 4 is 15.8 Å². The van der Waals surface area contributed by atoms with Gasteiger partial charge in [-0.15, -0.1) is 0 Å². The molecule has 1 aliphatic carbocycles. The van der Waals surface area contributed by atoms with E-state index in [1.165, 1.54) is 12.1 Å². The summed E-state index contributed by atoms with van der Waals surface area (Å²) in [6, 6.07) is 2.73. The summed E-state index contributed by atoms with van der Waals surface area (Å²) in [6.45, 7) is 0. The molecule has 7 heteroatoms. The minimum Gasteiger partial charge on any atom is -0.486 e. The molecule has 5 nitrogen and oxygen atoms in total. The van der Waals surface area contributed by atoms with Crippen LogP contribution in [-0.4, -0.2) is 25.8 Å². The van der Waals surface area contributed by atoms with Crippen molar-refractivity contribution in [2.24, 2.45) is 0 Å². The third-order valence-corrected chi connectivity index (χ3v) is 2.50. The summed E-state index contributed by atoms with van der Waals surface area (Å²) in [5, 5.41) is 0. The molecule has 0 atom stereocenters. The molecule has 1 aromatic heterocycles. The number of nitrogens with one attached hydrogen (secondary N) is 1. The van der Waals surface area contributed by atoms with Crippen LogP contribution in [0.15, 0.2) is 12.1 Å². The number of anilines is 1. The van der Waals surface area contributed by atoms with E-state index >= 15 is 0 Å². The number of ether oxygens (including phenoxy) is 1. The van der Waals surface area contributed by atoms with Gasteiger partial charge in [-0.05, 0) is 25.0 Å². The zero-order chi connectivity index (χ0) is 11.8. The van der Waals surface area contributed by atoms with Crippen LogP contribution in [0.25, 0.3) is 0 Å². The molecular weight excluding hydrogens is 235 g/mol. The quantitative estimate of drug-likeness (QED) is 0.809. The molecule has 0 spiro atoms. The Balaban J connectivity index is 2.14. The highest BCUT2D eigenvalue weighted by Gasteiger charge is 2.25. The molecule has 0 bridgehead atoms. The first kappa shape index (κ1) is 11.1. The molecule has 2 rings (SSSR count). The van der Waals surface area contributed by atoms with Crippen molar-refractivity contribution < 1.29 is 17.5 Å². The molecule has 0 radical (unpaired) electrons. The predicted octanol–water partition coefficient (Wildman–Crippen LogP) is 1.13. The number of pyridine rings is 1. The standard InChI is InChI=1S/C9H11FN2O3S/c1-16(13,14)12-8-5-4-7(9(10)11-8)15-6-2-3-6/h4-6H,2-3H2,1H3,(H,11,12). The molecule has 0 aromatic carbocycles. The normalized spacial score (nSPS) is 15.9. The van der Waals surface area contributed by atoms with Gasteiger partial charge in [0.1, 0.15) is 5.82 Å². The number of hydrogen-bond acceptors (Lipinski definition) is 4. The summed E-state index contributed by atoms with van der Waals surface area (Å²) in [5.41, 5.74) is 0. The Kier molecular flexibility index (Phi) is 2.71. The predicted molar refractivity (Wildman–Crippen MR) is 56.3 cm³/mol. The van der Waals surface area contributed by atoms with Crippen LogP contribution in [0.2, 0.25) is 0 Å². The fourth-order valence-corrected chi connectivity index (χ4v) is 1.62. The topological polar surface area (TPSA) is 68.3 Å². The van der Waals surface area contributed by atoms with E-state index in [1.807, 2.05) is 0 Å². The number of aromatic nitrogens is 1. The van der Waals surface area contributed by atoms with Gasteiger partial charge in [0, 0.05) is 0 Å². The van der Waals surface area contributed by atoms with Gasteiger partial charge in [0.25, 0.3) is 5.95 Å². The zero-order valence-electron chi connectivity index (χ0n) is 8.60. The largest absolute Gasteiger partial charge is 0.486 e. The number of rotatable bonds is 4. The van der Waals surface area contributed by atoms with Crippen LogP contribution in [0.3, 0.4) is 0 Å². The summed E-state index contributed by atoms with van der Waals surface area (Å²) in [6.07, 6.45) is 2.89. The van der Waals surface area contributed by atoms with Gasteiger partial charge in [0.2, 0.25) is 10.0 Å². The summed E-state index contributed by atoms with van der Waals surface area (Å²) in [7, 11) is -3.44. The van der Waals surface area contributed by atoms with Gasteiger partial charge in [0.15, 0.2) is 5.75 Å². The van der Waals surface area contributed by atoms with Crippen molar-refractivity contribution in [3.8, 4) is 5.75 Å². The molecule has 0 saturated heterocycles. The molecular formula is C9H11FN2O3S. The summed E-state index contributed by atoms with van der Waals surface area (Å²) in [4.78, 5) is 3.46. The van der Waals surface area contributed by atoms with Gasteiger partial charge >= 0.3 is 0 Å². The minimum atomic E-state index is -3.44. The van der Waals surface area contributed by atoms with Crippen molar-refractivity contribution in [1.29, 1.82) is 0 Å². The molecule has 16 heavy (non-hydrogen) atoms. The minimum absolute atomic E-state index is 0.0526. The maximum Gasteiger partial charge on any atom is 0.257 e. The first-order valence-corrected chi connectivity index (χ1v) is 6.64. The van der Waals surface area contributed by atoms with Crippen molar-refractivity contribution in [2.75, 3.05) is 11.0 Å². The monoisotopic (exact) mass is 246 g/mol. The van der Waals surface area contributed by atoms with Gasteiger partial charge in [-0.2, -0.15) is 9.37 Å². The van der Waals surface area contributed by atoms with E-state index in [4.69, 9.17) is 4.74 Å². The maximum absolute atomic E-state index is 13.3. The molecule has 0 aliphatic heterocycles. The lowest BCUT2D eigenvalue weighted by molar-refractivity contribution is 0.283. The van der Waals surface area contributed by atoms with Gasteiger partial charge in [0.05, 0.1) is 12.4 Å². The Hall–Kier alpha value is -1.37. The van der Waals surface area contributed by atoms with E-state index in [-0.39, 0.29) is 17.7 Å². The lowest BCUT2D eigenvalue weighted by Crippen LogP contribution is -2.11. The third-order valence-electron chi connectivity index (χ3n) is 1.92. The summed E-state index contributed by atoms with van der Waals surface area (Å²) < 4.78 is 42.4. The molecule has 0 unspecified atom stereocenters. The van der Waals surface area contributed by atoms with Crippen LogP contribution in [0.1, 0.15) is 12.8 Å². The molecule has 1 aromatic rings. The fourth-order valence-electron chi connectivity index (χ4n) is 1.12. The van der Waals surface area contributed by atoms with E-state index in [1.54, 1.807) is 0 Å². The van der Waals surface area contributed by atoms with Crippen molar-refractivity contribution in [3.05, 3.63) is 18.1 Å². The summed E-state index contributed by atoms with van der Waals surface area (Å²) in [5.74, 6) is -0.801. The van der Waals surface area contributed by atoms with Crippen molar-refractivity contribution in [2.45, 2.75) is 18.9 Å². The smallest absolute Gasteiger partial charge is 0.257 e. The van der Waals surface area contributed by atoms with Crippen LogP contribution >= 0.6 is 0 Å². The van der Waals surface area contributed by atoms with Crippen LogP contribution in [0.4, 0.5) is 10.2 Å². The van der Waals surface area contributed by atoms with E-state index in [9.17, 15) is 12.8 Å². The Bertz CT molecular complexity index is 499. The Labute approximate surface area is 92.7 Å². The SMILES string of the molecule is CS(=O)(=O)Nc1ccc(OC2CC2)c(F)n1. The van der Waals surface area contributed by atoms with Crippen LogP contribution in [-0.2, 0) is 10.0 Å². The second-order valence-electron chi connectivity index (χ2n) is 3.68. The third kappa shape index (κ3) is 3.06. The van der Waals surface area contributed by atoms with Gasteiger partial charge < -0.3 is 4.74 Å². The lowest BCUT2D eigenvalue weighted by Gasteiger charge is -2.07. The first-order chi connectivity index (χ1) is 7.44. The average Bonchev–Trinajstić information content (AvgIpc) is 2.90. The fraction of sp³-hybridized carbons (Fsp3) is 0.444. The zero-order valence-corrected chi connectivity index (χ0v) is 9.42. The molecule has 1 saturated carbocycles. The van der Waals surface area contributed by atoms with Crippen LogP contribution in [0.5, 0.6) is 5.75 Å². The molecule has 1 N–H and O–H groups in total.